The highest BCUT2D eigenvalue weighted by Gasteiger charge is 2.51. The normalized spacial score (nSPS) is 13.1. The predicted octanol–water partition coefficient (Wildman–Crippen LogP) is 8.22. The first-order valence-electron chi connectivity index (χ1n) is 11.1. The second kappa shape index (κ2) is 8.40. The van der Waals surface area contributed by atoms with E-state index in [1.165, 1.54) is 55.6 Å². The Labute approximate surface area is 192 Å². The summed E-state index contributed by atoms with van der Waals surface area (Å²) in [5.41, 5.74) is 13.6. The molecule has 0 aliphatic heterocycles. The van der Waals surface area contributed by atoms with Gasteiger partial charge >= 0.3 is 0 Å². The van der Waals surface area contributed by atoms with Gasteiger partial charge < -0.3 is 0 Å². The Hall–Kier alpha value is -2.77. The van der Waals surface area contributed by atoms with Gasteiger partial charge in [0.2, 0.25) is 0 Å². The highest BCUT2D eigenvalue weighted by molar-refractivity contribution is 7.79. The molecule has 0 radical (unpaired) electrons. The summed E-state index contributed by atoms with van der Waals surface area (Å²) in [7, 11) is 0. The van der Waals surface area contributed by atoms with Gasteiger partial charge in [-0.1, -0.05) is 110 Å². The van der Waals surface area contributed by atoms with Crippen molar-refractivity contribution in [2.45, 2.75) is 33.1 Å². The lowest BCUT2D eigenvalue weighted by Gasteiger charge is -2.30. The molecule has 0 unspecified atom stereocenters. The van der Waals surface area contributed by atoms with E-state index in [9.17, 15) is 0 Å². The third kappa shape index (κ3) is 2.91. The van der Waals surface area contributed by atoms with Crippen molar-refractivity contribution < 1.29 is 0 Å². The molecule has 1 spiro atoms. The Kier molecular flexibility index (Phi) is 5.81. The van der Waals surface area contributed by atoms with Gasteiger partial charge in [0.1, 0.15) is 0 Å². The molecule has 156 valence electrons. The summed E-state index contributed by atoms with van der Waals surface area (Å²) in [6.07, 6.45) is 1.69. The van der Waals surface area contributed by atoms with Gasteiger partial charge in [-0.15, -0.1) is 0 Å². The highest BCUT2D eigenvalue weighted by atomic mass is 32.1. The van der Waals surface area contributed by atoms with Crippen LogP contribution in [-0.2, 0) is 5.41 Å². The van der Waals surface area contributed by atoms with E-state index >= 15 is 0 Å². The van der Waals surface area contributed by atoms with Gasteiger partial charge in [0, 0.05) is 0 Å². The summed E-state index contributed by atoms with van der Waals surface area (Å²) in [4.78, 5) is 0. The average molecular weight is 423 g/mol. The number of benzene rings is 4. The molecule has 0 fully saturated rings. The fraction of sp³-hybridized carbons (Fsp3) is 0.200. The third-order valence-electron chi connectivity index (χ3n) is 6.40. The third-order valence-corrected chi connectivity index (χ3v) is 6.40. The number of rotatable bonds is 0. The molecule has 6 rings (SSSR count). The van der Waals surface area contributed by atoms with Crippen LogP contribution in [0, 0.1) is 13.8 Å². The molecule has 0 saturated heterocycles. The quantitative estimate of drug-likeness (QED) is 0.234. The molecule has 4 aromatic rings. The van der Waals surface area contributed by atoms with Crippen LogP contribution in [0.5, 0.6) is 0 Å². The van der Waals surface area contributed by atoms with E-state index in [2.05, 4.69) is 111 Å². The van der Waals surface area contributed by atoms with Gasteiger partial charge in [-0.25, -0.2) is 0 Å². The monoisotopic (exact) mass is 422 g/mol. The maximum atomic E-state index is 3.53. The first kappa shape index (κ1) is 21.5. The average Bonchev–Trinajstić information content (AvgIpc) is 3.28. The van der Waals surface area contributed by atoms with Crippen LogP contribution in [0.25, 0.3) is 22.3 Å². The van der Waals surface area contributed by atoms with Crippen molar-refractivity contribution in [3.8, 4) is 22.3 Å². The predicted molar refractivity (Wildman–Crippen MR) is 138 cm³/mol. The molecule has 0 heterocycles. The first-order valence-corrected chi connectivity index (χ1v) is 12.0. The minimum Gasteiger partial charge on any atom is -0.183 e. The van der Waals surface area contributed by atoms with Crippen LogP contribution in [0.1, 0.15) is 47.2 Å². The van der Waals surface area contributed by atoms with Crippen LogP contribution in [0.15, 0.2) is 84.9 Å². The van der Waals surface area contributed by atoms with Crippen LogP contribution in [0.4, 0.5) is 0 Å². The van der Waals surface area contributed by atoms with Crippen molar-refractivity contribution in [2.75, 3.05) is 6.26 Å². The van der Waals surface area contributed by atoms with Crippen LogP contribution in [-0.4, -0.2) is 6.26 Å². The summed E-state index contributed by atoms with van der Waals surface area (Å²) < 4.78 is 0. The van der Waals surface area contributed by atoms with Gasteiger partial charge in [-0.05, 0) is 64.6 Å². The molecule has 2 aliphatic carbocycles. The molecule has 2 aliphatic rings. The van der Waals surface area contributed by atoms with E-state index in [1.54, 1.807) is 6.26 Å². The molecular formula is C30H30S. The second-order valence-corrected chi connectivity index (χ2v) is 7.94. The number of hydrogen-bond acceptors (Lipinski definition) is 1. The van der Waals surface area contributed by atoms with Crippen molar-refractivity contribution >= 4 is 12.6 Å². The molecule has 0 nitrogen and oxygen atoms in total. The SMILES string of the molecule is CC.CS.Cc1ccc2c(c1)C1(c3ccccc3-c3ccccc31)c1cc(C)ccc1-2. The summed E-state index contributed by atoms with van der Waals surface area (Å²) in [6, 6.07) is 31.9. The van der Waals surface area contributed by atoms with Gasteiger partial charge in [0.25, 0.3) is 0 Å². The molecule has 0 atom stereocenters. The number of hydrogen-bond donors (Lipinski definition) is 1. The molecule has 1 heteroatoms. The fourth-order valence-electron chi connectivity index (χ4n) is 5.37. The Morgan fingerprint density at radius 3 is 1.26 bits per heavy atom. The largest absolute Gasteiger partial charge is 0.183 e. The Morgan fingerprint density at radius 2 is 0.839 bits per heavy atom. The molecule has 0 amide bonds. The Morgan fingerprint density at radius 1 is 0.484 bits per heavy atom. The molecule has 4 aromatic carbocycles. The molecule has 0 bridgehead atoms. The lowest BCUT2D eigenvalue weighted by atomic mass is 9.70. The van der Waals surface area contributed by atoms with E-state index in [4.69, 9.17) is 0 Å². The molecule has 0 aromatic heterocycles. The van der Waals surface area contributed by atoms with Gasteiger partial charge in [-0.2, -0.15) is 12.6 Å². The smallest absolute Gasteiger partial charge is 0.0725 e. The van der Waals surface area contributed by atoms with Gasteiger partial charge in [0.15, 0.2) is 0 Å². The Bertz CT molecular complexity index is 1150. The van der Waals surface area contributed by atoms with E-state index < -0.39 is 0 Å². The van der Waals surface area contributed by atoms with Crippen LogP contribution < -0.4 is 0 Å². The maximum absolute atomic E-state index is 3.53. The zero-order valence-electron chi connectivity index (χ0n) is 19.0. The number of thiol groups is 1. The lowest BCUT2D eigenvalue weighted by Crippen LogP contribution is -2.26. The van der Waals surface area contributed by atoms with E-state index in [0.29, 0.717) is 0 Å². The molecule has 0 saturated carbocycles. The summed E-state index contributed by atoms with van der Waals surface area (Å²) in [5.74, 6) is 0. The lowest BCUT2D eigenvalue weighted by molar-refractivity contribution is 0.791. The molecule has 31 heavy (non-hydrogen) atoms. The van der Waals surface area contributed by atoms with Crippen LogP contribution in [0.2, 0.25) is 0 Å². The van der Waals surface area contributed by atoms with Crippen molar-refractivity contribution in [2.24, 2.45) is 0 Å². The fourth-order valence-corrected chi connectivity index (χ4v) is 5.37. The van der Waals surface area contributed by atoms with Gasteiger partial charge in [0.05, 0.1) is 5.41 Å². The maximum Gasteiger partial charge on any atom is 0.0725 e. The number of fused-ring (bicyclic) bond motifs is 10. The van der Waals surface area contributed by atoms with Crippen molar-refractivity contribution in [3.05, 3.63) is 118 Å². The standard InChI is InChI=1S/C27H20.C2H6.CH4S/c1-17-11-13-21-22-14-12-18(2)16-26(22)27(25(21)15-17)23-9-5-3-7-19(23)20-8-4-6-10-24(20)27;2*1-2/h3-16H,1-2H3;1-2H3;2H,1H3. The van der Waals surface area contributed by atoms with E-state index in [0.717, 1.165) is 0 Å². The summed E-state index contributed by atoms with van der Waals surface area (Å²) in [6.45, 7) is 8.41. The second-order valence-electron chi connectivity index (χ2n) is 7.94. The Balaban J connectivity index is 0.000000549. The zero-order chi connectivity index (χ0) is 22.2. The summed E-state index contributed by atoms with van der Waals surface area (Å²) >= 11 is 3.53. The van der Waals surface area contributed by atoms with E-state index in [-0.39, 0.29) is 5.41 Å². The topological polar surface area (TPSA) is 0 Å². The number of aryl methyl sites for hydroxylation is 2. The minimum atomic E-state index is -0.199. The van der Waals surface area contributed by atoms with Crippen LogP contribution >= 0.6 is 12.6 Å². The van der Waals surface area contributed by atoms with Crippen molar-refractivity contribution in [3.63, 3.8) is 0 Å². The first-order chi connectivity index (χ1) is 15.2. The minimum absolute atomic E-state index is 0.199. The van der Waals surface area contributed by atoms with E-state index in [1.807, 2.05) is 13.8 Å². The van der Waals surface area contributed by atoms with Crippen molar-refractivity contribution in [1.82, 2.24) is 0 Å². The van der Waals surface area contributed by atoms with Gasteiger partial charge in [-0.3, -0.25) is 0 Å². The summed E-state index contributed by atoms with van der Waals surface area (Å²) in [5, 5.41) is 0. The molecule has 0 N–H and O–H groups in total. The van der Waals surface area contributed by atoms with Crippen LogP contribution in [0.3, 0.4) is 0 Å². The molecular weight excluding hydrogens is 392 g/mol. The highest BCUT2D eigenvalue weighted by Crippen LogP contribution is 2.62. The van der Waals surface area contributed by atoms with Crippen molar-refractivity contribution in [1.29, 1.82) is 0 Å². The zero-order valence-corrected chi connectivity index (χ0v) is 19.9.